The highest BCUT2D eigenvalue weighted by Gasteiger charge is 2.34. The Morgan fingerprint density at radius 1 is 1.13 bits per heavy atom. The maximum atomic E-state index is 12.3. The molecule has 1 N–H and O–H groups in total. The molecule has 2 aromatic rings. The first-order valence-corrected chi connectivity index (χ1v) is 10.8. The van der Waals surface area contributed by atoms with Crippen LogP contribution < -0.4 is 15.0 Å². The Bertz CT molecular complexity index is 911. The van der Waals surface area contributed by atoms with Gasteiger partial charge in [0.1, 0.15) is 18.0 Å². The number of nitrogens with zero attached hydrogens (tertiary/aromatic N) is 2. The van der Waals surface area contributed by atoms with Gasteiger partial charge >= 0.3 is 6.09 Å². The Hall–Kier alpha value is -2.77. The van der Waals surface area contributed by atoms with Gasteiger partial charge in [0.05, 0.1) is 6.54 Å². The predicted molar refractivity (Wildman–Crippen MR) is 120 cm³/mol. The molecule has 2 amide bonds. The van der Waals surface area contributed by atoms with Crippen molar-refractivity contribution in [3.63, 3.8) is 0 Å². The van der Waals surface area contributed by atoms with E-state index in [4.69, 9.17) is 21.1 Å². The number of ether oxygens (including phenoxy) is 2. The van der Waals surface area contributed by atoms with Crippen LogP contribution in [-0.4, -0.2) is 55.3 Å². The highest BCUT2D eigenvalue weighted by molar-refractivity contribution is 6.30. The maximum absolute atomic E-state index is 12.3. The Kier molecular flexibility index (Phi) is 6.63. The van der Waals surface area contributed by atoms with E-state index in [1.165, 1.54) is 6.92 Å². The molecule has 0 saturated carbocycles. The number of halogens is 1. The van der Waals surface area contributed by atoms with E-state index in [2.05, 4.69) is 10.2 Å². The number of hydrogen-bond donors (Lipinski definition) is 1. The second-order valence-corrected chi connectivity index (χ2v) is 8.35. The zero-order valence-electron chi connectivity index (χ0n) is 17.4. The van der Waals surface area contributed by atoms with E-state index in [9.17, 15) is 9.59 Å². The number of rotatable bonds is 6. The summed E-state index contributed by atoms with van der Waals surface area (Å²) in [6.07, 6.45) is 1.51. The lowest BCUT2D eigenvalue weighted by Gasteiger charge is -2.33. The zero-order chi connectivity index (χ0) is 21.8. The van der Waals surface area contributed by atoms with Gasteiger partial charge in [-0.15, -0.1) is 0 Å². The Morgan fingerprint density at radius 3 is 2.45 bits per heavy atom. The summed E-state index contributed by atoms with van der Waals surface area (Å²) in [5.41, 5.74) is 1.56. The first-order valence-electron chi connectivity index (χ1n) is 10.5. The summed E-state index contributed by atoms with van der Waals surface area (Å²) in [5, 5.41) is 3.39. The van der Waals surface area contributed by atoms with Gasteiger partial charge in [-0.05, 0) is 61.4 Å². The van der Waals surface area contributed by atoms with Gasteiger partial charge < -0.3 is 14.8 Å². The number of cyclic esters (lactones) is 1. The van der Waals surface area contributed by atoms with E-state index in [0.29, 0.717) is 18.1 Å². The molecule has 0 spiro atoms. The van der Waals surface area contributed by atoms with Crippen molar-refractivity contribution in [3.05, 3.63) is 53.6 Å². The molecule has 8 heteroatoms. The van der Waals surface area contributed by atoms with Gasteiger partial charge in [0.25, 0.3) is 0 Å². The summed E-state index contributed by atoms with van der Waals surface area (Å²) >= 11 is 5.93. The molecule has 7 nitrogen and oxygen atoms in total. The van der Waals surface area contributed by atoms with Crippen LogP contribution in [0.15, 0.2) is 48.5 Å². The third-order valence-electron chi connectivity index (χ3n) is 5.49. The Balaban J connectivity index is 1.23. The fraction of sp³-hybridized carbons (Fsp3) is 0.391. The van der Waals surface area contributed by atoms with Gasteiger partial charge in [0, 0.05) is 43.0 Å². The second-order valence-electron chi connectivity index (χ2n) is 7.92. The van der Waals surface area contributed by atoms with Crippen LogP contribution in [0.5, 0.6) is 5.75 Å². The topological polar surface area (TPSA) is 71.1 Å². The van der Waals surface area contributed by atoms with Crippen molar-refractivity contribution < 1.29 is 19.1 Å². The summed E-state index contributed by atoms with van der Waals surface area (Å²) < 4.78 is 11.7. The molecule has 2 saturated heterocycles. The molecule has 2 aliphatic rings. The van der Waals surface area contributed by atoms with Crippen molar-refractivity contribution in [2.24, 2.45) is 0 Å². The normalized spacial score (nSPS) is 19.9. The van der Waals surface area contributed by atoms with Crippen molar-refractivity contribution in [3.8, 4) is 5.75 Å². The fourth-order valence-electron chi connectivity index (χ4n) is 3.96. The highest BCUT2D eigenvalue weighted by atomic mass is 35.5. The molecule has 0 radical (unpaired) electrons. The minimum Gasteiger partial charge on any atom is -0.490 e. The monoisotopic (exact) mass is 443 g/mol. The number of likely N-dealkylation sites (tertiary alicyclic amines) is 1. The summed E-state index contributed by atoms with van der Waals surface area (Å²) in [6, 6.07) is 14.6. The quantitative estimate of drug-likeness (QED) is 0.725. The van der Waals surface area contributed by atoms with Crippen molar-refractivity contribution in [1.82, 2.24) is 4.90 Å². The molecular weight excluding hydrogens is 418 g/mol. The van der Waals surface area contributed by atoms with Crippen LogP contribution in [0.25, 0.3) is 0 Å². The molecule has 31 heavy (non-hydrogen) atoms. The minimum absolute atomic E-state index is 0.0923. The highest BCUT2D eigenvalue weighted by Crippen LogP contribution is 2.25. The van der Waals surface area contributed by atoms with Crippen molar-refractivity contribution in [2.45, 2.75) is 32.0 Å². The average molecular weight is 444 g/mol. The molecule has 2 fully saturated rings. The SMILES string of the molecule is CC(=O)Nc1ccc(OC2CCN(C[C@H]3CN(c4ccc(Cl)cc4)C(=O)O3)CC2)cc1. The van der Waals surface area contributed by atoms with Crippen molar-refractivity contribution in [2.75, 3.05) is 36.4 Å². The largest absolute Gasteiger partial charge is 0.490 e. The van der Waals surface area contributed by atoms with Gasteiger partial charge in [-0.2, -0.15) is 0 Å². The maximum Gasteiger partial charge on any atom is 0.414 e. The summed E-state index contributed by atoms with van der Waals surface area (Å²) in [5.74, 6) is 0.709. The lowest BCUT2D eigenvalue weighted by Crippen LogP contribution is -2.42. The zero-order valence-corrected chi connectivity index (χ0v) is 18.2. The van der Waals surface area contributed by atoms with E-state index < -0.39 is 0 Å². The van der Waals surface area contributed by atoms with Gasteiger partial charge in [0.2, 0.25) is 5.91 Å². The number of hydrogen-bond acceptors (Lipinski definition) is 5. The van der Waals surface area contributed by atoms with Crippen molar-refractivity contribution in [1.29, 1.82) is 0 Å². The second kappa shape index (κ2) is 9.58. The van der Waals surface area contributed by atoms with Crippen LogP contribution >= 0.6 is 11.6 Å². The number of benzene rings is 2. The Labute approximate surface area is 186 Å². The van der Waals surface area contributed by atoms with E-state index in [-0.39, 0.29) is 24.2 Å². The number of anilines is 2. The smallest absolute Gasteiger partial charge is 0.414 e. The van der Waals surface area contributed by atoms with Gasteiger partial charge in [-0.3, -0.25) is 14.6 Å². The van der Waals surface area contributed by atoms with E-state index in [1.807, 2.05) is 36.4 Å². The van der Waals surface area contributed by atoms with Gasteiger partial charge in [-0.1, -0.05) is 11.6 Å². The Morgan fingerprint density at radius 2 is 1.81 bits per heavy atom. The summed E-state index contributed by atoms with van der Waals surface area (Å²) in [6.45, 7) is 4.53. The van der Waals surface area contributed by atoms with Crippen LogP contribution in [0.2, 0.25) is 5.02 Å². The molecular formula is C23H26ClN3O4. The molecule has 0 aromatic heterocycles. The van der Waals surface area contributed by atoms with Crippen LogP contribution in [0.3, 0.4) is 0 Å². The summed E-state index contributed by atoms with van der Waals surface area (Å²) in [7, 11) is 0. The average Bonchev–Trinajstić information content (AvgIpc) is 3.11. The first kappa shape index (κ1) is 21.5. The lowest BCUT2D eigenvalue weighted by atomic mass is 10.1. The minimum atomic E-state index is -0.312. The molecule has 0 aliphatic carbocycles. The van der Waals surface area contributed by atoms with E-state index in [1.54, 1.807) is 17.0 Å². The third-order valence-corrected chi connectivity index (χ3v) is 5.74. The molecule has 0 unspecified atom stereocenters. The van der Waals surface area contributed by atoms with Crippen LogP contribution in [-0.2, 0) is 9.53 Å². The van der Waals surface area contributed by atoms with E-state index in [0.717, 1.165) is 43.1 Å². The number of nitrogens with one attached hydrogen (secondary N) is 1. The van der Waals surface area contributed by atoms with Gasteiger partial charge in [-0.25, -0.2) is 4.79 Å². The predicted octanol–water partition coefficient (Wildman–Crippen LogP) is 4.17. The number of amides is 2. The summed E-state index contributed by atoms with van der Waals surface area (Å²) in [4.78, 5) is 27.3. The molecule has 164 valence electrons. The molecule has 1 atom stereocenters. The van der Waals surface area contributed by atoms with Crippen LogP contribution in [0.1, 0.15) is 19.8 Å². The van der Waals surface area contributed by atoms with E-state index >= 15 is 0 Å². The number of carbonyl (C=O) groups excluding carboxylic acids is 2. The molecule has 2 aromatic carbocycles. The third kappa shape index (κ3) is 5.68. The van der Waals surface area contributed by atoms with Crippen LogP contribution in [0, 0.1) is 0 Å². The molecule has 0 bridgehead atoms. The molecule has 2 aliphatic heterocycles. The van der Waals surface area contributed by atoms with Gasteiger partial charge in [0.15, 0.2) is 0 Å². The molecule has 2 heterocycles. The number of piperidine rings is 1. The standard InChI is InChI=1S/C23H26ClN3O4/c1-16(28)25-18-4-8-20(9-5-18)30-21-10-12-26(13-11-21)14-22-15-27(23(29)31-22)19-6-2-17(24)3-7-19/h2-9,21-22H,10-15H2,1H3,(H,25,28)/t22-/m0/s1. The number of carbonyl (C=O) groups is 2. The lowest BCUT2D eigenvalue weighted by molar-refractivity contribution is -0.114. The molecule has 4 rings (SSSR count). The first-order chi connectivity index (χ1) is 15.0. The fourth-order valence-corrected chi connectivity index (χ4v) is 4.08. The van der Waals surface area contributed by atoms with Crippen LogP contribution in [0.4, 0.5) is 16.2 Å². The van der Waals surface area contributed by atoms with Crippen molar-refractivity contribution >= 4 is 35.0 Å².